The van der Waals surface area contributed by atoms with E-state index in [1.807, 2.05) is 24.3 Å². The summed E-state index contributed by atoms with van der Waals surface area (Å²) in [5, 5.41) is 15.0. The molecule has 0 bridgehead atoms. The minimum atomic E-state index is -0.0814. The summed E-state index contributed by atoms with van der Waals surface area (Å²) >= 11 is 0. The van der Waals surface area contributed by atoms with Gasteiger partial charge in [-0.05, 0) is 43.0 Å². The van der Waals surface area contributed by atoms with Crippen molar-refractivity contribution in [2.45, 2.75) is 25.8 Å². The van der Waals surface area contributed by atoms with Gasteiger partial charge < -0.3 is 15.7 Å². The fraction of sp³-hybridized carbons (Fsp3) is 0.500. The highest BCUT2D eigenvalue weighted by Gasteiger charge is 2.29. The van der Waals surface area contributed by atoms with Gasteiger partial charge >= 0.3 is 0 Å². The fourth-order valence-electron chi connectivity index (χ4n) is 2.29. The monoisotopic (exact) mass is 248 g/mol. The van der Waals surface area contributed by atoms with Crippen LogP contribution in [-0.2, 0) is 11.2 Å². The number of carbonyl (C=O) groups excluding carboxylic acids is 1. The highest BCUT2D eigenvalue weighted by molar-refractivity contribution is 5.95. The standard InChI is InChI=1S/C14H20N2O2/c1-10-6-8-15-13(10)14(18)16-12-4-2-11(3-5-12)7-9-17/h2-5,10,13,15,17H,6-9H2,1H3,(H,16,18). The zero-order valence-corrected chi connectivity index (χ0v) is 10.6. The minimum Gasteiger partial charge on any atom is -0.396 e. The molecule has 0 saturated carbocycles. The number of rotatable bonds is 4. The molecule has 18 heavy (non-hydrogen) atoms. The zero-order chi connectivity index (χ0) is 13.0. The first kappa shape index (κ1) is 13.1. The van der Waals surface area contributed by atoms with Crippen LogP contribution in [0.15, 0.2) is 24.3 Å². The van der Waals surface area contributed by atoms with Gasteiger partial charge in [0.2, 0.25) is 5.91 Å². The van der Waals surface area contributed by atoms with Gasteiger partial charge in [-0.15, -0.1) is 0 Å². The van der Waals surface area contributed by atoms with Gasteiger partial charge in [-0.3, -0.25) is 4.79 Å². The van der Waals surface area contributed by atoms with Gasteiger partial charge in [0.15, 0.2) is 0 Å². The van der Waals surface area contributed by atoms with Crippen LogP contribution in [-0.4, -0.2) is 30.2 Å². The summed E-state index contributed by atoms with van der Waals surface area (Å²) in [7, 11) is 0. The van der Waals surface area contributed by atoms with Crippen molar-refractivity contribution >= 4 is 11.6 Å². The lowest BCUT2D eigenvalue weighted by Crippen LogP contribution is -2.39. The average molecular weight is 248 g/mol. The van der Waals surface area contributed by atoms with Crippen molar-refractivity contribution in [3.05, 3.63) is 29.8 Å². The van der Waals surface area contributed by atoms with Crippen molar-refractivity contribution in [3.63, 3.8) is 0 Å². The van der Waals surface area contributed by atoms with Crippen molar-refractivity contribution in [3.8, 4) is 0 Å². The molecule has 2 atom stereocenters. The van der Waals surface area contributed by atoms with Crippen LogP contribution in [0.5, 0.6) is 0 Å². The molecular weight excluding hydrogens is 228 g/mol. The predicted octanol–water partition coefficient (Wildman–Crippen LogP) is 1.16. The molecule has 1 aliphatic heterocycles. The average Bonchev–Trinajstić information content (AvgIpc) is 2.78. The smallest absolute Gasteiger partial charge is 0.241 e. The molecule has 0 aliphatic carbocycles. The largest absolute Gasteiger partial charge is 0.396 e. The van der Waals surface area contributed by atoms with Gasteiger partial charge in [-0.25, -0.2) is 0 Å². The number of carbonyl (C=O) groups is 1. The Labute approximate surface area is 107 Å². The zero-order valence-electron chi connectivity index (χ0n) is 10.6. The quantitative estimate of drug-likeness (QED) is 0.749. The molecule has 1 amide bonds. The SMILES string of the molecule is CC1CCNC1C(=O)Nc1ccc(CCO)cc1. The maximum Gasteiger partial charge on any atom is 0.241 e. The Morgan fingerprint density at radius 2 is 2.17 bits per heavy atom. The molecule has 2 unspecified atom stereocenters. The molecule has 0 radical (unpaired) electrons. The van der Waals surface area contributed by atoms with Gasteiger partial charge in [0.05, 0.1) is 6.04 Å². The van der Waals surface area contributed by atoms with Crippen molar-refractivity contribution in [1.82, 2.24) is 5.32 Å². The number of hydrogen-bond donors (Lipinski definition) is 3. The van der Waals surface area contributed by atoms with Crippen LogP contribution >= 0.6 is 0 Å². The van der Waals surface area contributed by atoms with E-state index in [1.54, 1.807) is 0 Å². The van der Waals surface area contributed by atoms with E-state index in [1.165, 1.54) is 0 Å². The molecule has 2 rings (SSSR count). The van der Waals surface area contributed by atoms with E-state index in [4.69, 9.17) is 5.11 Å². The van der Waals surface area contributed by atoms with Gasteiger partial charge in [-0.2, -0.15) is 0 Å². The predicted molar refractivity (Wildman–Crippen MR) is 71.4 cm³/mol. The number of anilines is 1. The summed E-state index contributed by atoms with van der Waals surface area (Å²) in [6.07, 6.45) is 1.70. The van der Waals surface area contributed by atoms with E-state index in [9.17, 15) is 4.79 Å². The molecule has 4 heteroatoms. The summed E-state index contributed by atoms with van der Waals surface area (Å²) in [4.78, 5) is 12.0. The first-order valence-electron chi connectivity index (χ1n) is 6.45. The topological polar surface area (TPSA) is 61.4 Å². The van der Waals surface area contributed by atoms with Crippen LogP contribution in [0.3, 0.4) is 0 Å². The molecule has 1 aliphatic rings. The summed E-state index contributed by atoms with van der Waals surface area (Å²) in [5.74, 6) is 0.425. The number of aliphatic hydroxyl groups is 1. The molecular formula is C14H20N2O2. The summed E-state index contributed by atoms with van der Waals surface area (Å²) in [5.41, 5.74) is 1.88. The molecule has 1 aromatic carbocycles. The van der Waals surface area contributed by atoms with E-state index in [0.717, 1.165) is 24.2 Å². The summed E-state index contributed by atoms with van der Waals surface area (Å²) < 4.78 is 0. The van der Waals surface area contributed by atoms with Crippen molar-refractivity contribution in [1.29, 1.82) is 0 Å². The normalized spacial score (nSPS) is 23.0. The first-order valence-corrected chi connectivity index (χ1v) is 6.45. The lowest BCUT2D eigenvalue weighted by Gasteiger charge is -2.15. The Hall–Kier alpha value is -1.39. The highest BCUT2D eigenvalue weighted by atomic mass is 16.2. The van der Waals surface area contributed by atoms with Gasteiger partial charge in [0, 0.05) is 12.3 Å². The Bertz CT molecular complexity index is 403. The van der Waals surface area contributed by atoms with Gasteiger partial charge in [0.25, 0.3) is 0 Å². The second-order valence-electron chi connectivity index (χ2n) is 4.86. The lowest BCUT2D eigenvalue weighted by atomic mass is 10.0. The molecule has 1 heterocycles. The summed E-state index contributed by atoms with van der Waals surface area (Å²) in [6.45, 7) is 3.15. The van der Waals surface area contributed by atoms with E-state index >= 15 is 0 Å². The Morgan fingerprint density at radius 3 is 2.72 bits per heavy atom. The van der Waals surface area contributed by atoms with Crippen molar-refractivity contribution in [2.75, 3.05) is 18.5 Å². The van der Waals surface area contributed by atoms with Crippen LogP contribution < -0.4 is 10.6 Å². The molecule has 1 fully saturated rings. The highest BCUT2D eigenvalue weighted by Crippen LogP contribution is 2.17. The number of amides is 1. The number of nitrogens with one attached hydrogen (secondary N) is 2. The molecule has 1 aromatic rings. The van der Waals surface area contributed by atoms with Crippen molar-refractivity contribution in [2.24, 2.45) is 5.92 Å². The first-order chi connectivity index (χ1) is 8.70. The van der Waals surface area contributed by atoms with Gasteiger partial charge in [0.1, 0.15) is 0 Å². The van der Waals surface area contributed by atoms with E-state index in [0.29, 0.717) is 12.3 Å². The van der Waals surface area contributed by atoms with Crippen LogP contribution in [0.1, 0.15) is 18.9 Å². The Balaban J connectivity index is 1.94. The number of benzene rings is 1. The molecule has 4 nitrogen and oxygen atoms in total. The molecule has 3 N–H and O–H groups in total. The second-order valence-corrected chi connectivity index (χ2v) is 4.86. The van der Waals surface area contributed by atoms with Crippen LogP contribution in [0, 0.1) is 5.92 Å². The Kier molecular flexibility index (Phi) is 4.33. The van der Waals surface area contributed by atoms with Crippen molar-refractivity contribution < 1.29 is 9.90 Å². The fourth-order valence-corrected chi connectivity index (χ4v) is 2.29. The van der Waals surface area contributed by atoms with Gasteiger partial charge in [-0.1, -0.05) is 19.1 Å². The van der Waals surface area contributed by atoms with Crippen LogP contribution in [0.2, 0.25) is 0 Å². The minimum absolute atomic E-state index is 0.0370. The van der Waals surface area contributed by atoms with E-state index in [2.05, 4.69) is 17.6 Å². The number of aliphatic hydroxyl groups excluding tert-OH is 1. The molecule has 0 spiro atoms. The summed E-state index contributed by atoms with van der Waals surface area (Å²) in [6, 6.07) is 7.53. The third kappa shape index (κ3) is 3.09. The van der Waals surface area contributed by atoms with E-state index < -0.39 is 0 Å². The molecule has 0 aromatic heterocycles. The maximum atomic E-state index is 12.0. The lowest BCUT2D eigenvalue weighted by molar-refractivity contribution is -0.118. The Morgan fingerprint density at radius 1 is 1.44 bits per heavy atom. The molecule has 1 saturated heterocycles. The second kappa shape index (κ2) is 5.98. The third-order valence-electron chi connectivity index (χ3n) is 3.44. The van der Waals surface area contributed by atoms with Crippen LogP contribution in [0.25, 0.3) is 0 Å². The third-order valence-corrected chi connectivity index (χ3v) is 3.44. The van der Waals surface area contributed by atoms with E-state index in [-0.39, 0.29) is 18.6 Å². The molecule has 98 valence electrons. The van der Waals surface area contributed by atoms with Crippen LogP contribution in [0.4, 0.5) is 5.69 Å². The maximum absolute atomic E-state index is 12.0. The number of hydrogen-bond acceptors (Lipinski definition) is 3.